The molecule has 4 rings (SSSR count). The fourth-order valence-corrected chi connectivity index (χ4v) is 4.39. The Morgan fingerprint density at radius 1 is 1.06 bits per heavy atom. The number of carbonyl (C=O) groups excluding carboxylic acids is 1. The predicted molar refractivity (Wildman–Crippen MR) is 137 cm³/mol. The Morgan fingerprint density at radius 2 is 1.78 bits per heavy atom. The van der Waals surface area contributed by atoms with Crippen molar-refractivity contribution in [2.75, 3.05) is 0 Å². The van der Waals surface area contributed by atoms with Crippen molar-refractivity contribution in [3.05, 3.63) is 97.8 Å². The van der Waals surface area contributed by atoms with E-state index in [4.69, 9.17) is 16.3 Å². The van der Waals surface area contributed by atoms with E-state index in [2.05, 4.69) is 33.2 Å². The summed E-state index contributed by atoms with van der Waals surface area (Å²) in [6.07, 6.45) is 2.80. The number of aliphatic imine (C=N–C) groups is 1. The number of benzene rings is 3. The van der Waals surface area contributed by atoms with Gasteiger partial charge in [0.1, 0.15) is 12.4 Å². The van der Waals surface area contributed by atoms with Crippen LogP contribution in [-0.2, 0) is 17.8 Å². The van der Waals surface area contributed by atoms with Gasteiger partial charge in [0.05, 0.1) is 10.6 Å². The lowest BCUT2D eigenvalue weighted by Gasteiger charge is -2.10. The van der Waals surface area contributed by atoms with Crippen molar-refractivity contribution in [2.45, 2.75) is 20.0 Å². The van der Waals surface area contributed by atoms with Crippen LogP contribution in [0.4, 0.5) is 5.69 Å². The molecule has 1 heterocycles. The fourth-order valence-electron chi connectivity index (χ4n) is 3.05. The van der Waals surface area contributed by atoms with Gasteiger partial charge in [0.2, 0.25) is 0 Å². The van der Waals surface area contributed by atoms with Crippen molar-refractivity contribution >= 4 is 62.1 Å². The topological polar surface area (TPSA) is 50.7 Å². The molecule has 1 aliphatic rings. The zero-order valence-electron chi connectivity index (χ0n) is 17.3. The number of amidine groups is 1. The quantitative estimate of drug-likeness (QED) is 0.347. The Kier molecular flexibility index (Phi) is 7.35. The predicted octanol–water partition coefficient (Wildman–Crippen LogP) is 7.14. The maximum atomic E-state index is 12.5. The third-order valence-corrected chi connectivity index (χ3v) is 6.45. The van der Waals surface area contributed by atoms with Gasteiger partial charge in [-0.05, 0) is 77.9 Å². The molecule has 1 amide bonds. The van der Waals surface area contributed by atoms with E-state index in [1.54, 1.807) is 0 Å². The zero-order valence-corrected chi connectivity index (χ0v) is 20.4. The molecule has 0 saturated carbocycles. The number of carbonyl (C=O) groups is 1. The maximum Gasteiger partial charge on any atom is 0.264 e. The summed E-state index contributed by atoms with van der Waals surface area (Å²) in [7, 11) is 0. The summed E-state index contributed by atoms with van der Waals surface area (Å²) in [6.45, 7) is 2.51. The molecule has 0 radical (unpaired) electrons. The molecule has 3 aromatic rings. The summed E-state index contributed by atoms with van der Waals surface area (Å²) in [6, 6.07) is 21.2. The summed E-state index contributed by atoms with van der Waals surface area (Å²) in [5, 5.41) is 4.08. The number of amides is 1. The maximum absolute atomic E-state index is 12.5. The van der Waals surface area contributed by atoms with Crippen molar-refractivity contribution in [3.63, 3.8) is 0 Å². The lowest BCUT2D eigenvalue weighted by molar-refractivity contribution is -0.115. The van der Waals surface area contributed by atoms with Crippen LogP contribution < -0.4 is 10.1 Å². The molecule has 4 nitrogen and oxygen atoms in total. The molecule has 0 bridgehead atoms. The second-order valence-corrected chi connectivity index (χ2v) is 9.48. The Balaban J connectivity index is 1.53. The highest BCUT2D eigenvalue weighted by Crippen LogP contribution is 2.32. The second kappa shape index (κ2) is 10.4. The highest BCUT2D eigenvalue weighted by atomic mass is 79.9. The molecule has 32 heavy (non-hydrogen) atoms. The van der Waals surface area contributed by atoms with Gasteiger partial charge in [-0.3, -0.25) is 4.79 Å². The summed E-state index contributed by atoms with van der Waals surface area (Å²) < 4.78 is 6.93. The summed E-state index contributed by atoms with van der Waals surface area (Å²) in [5.74, 6) is 0.507. The Bertz CT molecular complexity index is 1190. The van der Waals surface area contributed by atoms with E-state index in [9.17, 15) is 4.79 Å². The van der Waals surface area contributed by atoms with Crippen LogP contribution in [0.5, 0.6) is 5.75 Å². The van der Waals surface area contributed by atoms with E-state index in [-0.39, 0.29) is 5.91 Å². The van der Waals surface area contributed by atoms with Crippen molar-refractivity contribution in [3.8, 4) is 5.75 Å². The molecule has 3 aromatic carbocycles. The van der Waals surface area contributed by atoms with E-state index in [1.165, 1.54) is 17.3 Å². The first kappa shape index (κ1) is 22.6. The van der Waals surface area contributed by atoms with Crippen LogP contribution in [0.15, 0.2) is 81.1 Å². The number of ether oxygens (including phenoxy) is 1. The molecule has 0 unspecified atom stereocenters. The van der Waals surface area contributed by atoms with Gasteiger partial charge in [0.15, 0.2) is 5.17 Å². The van der Waals surface area contributed by atoms with Crippen LogP contribution >= 0.6 is 39.3 Å². The van der Waals surface area contributed by atoms with Gasteiger partial charge in [0, 0.05) is 15.1 Å². The van der Waals surface area contributed by atoms with Gasteiger partial charge in [-0.15, -0.1) is 0 Å². The van der Waals surface area contributed by atoms with Gasteiger partial charge in [-0.25, -0.2) is 4.99 Å². The highest BCUT2D eigenvalue weighted by Gasteiger charge is 2.24. The molecule has 1 N–H and O–H groups in total. The molecule has 0 atom stereocenters. The number of hydrogen-bond acceptors (Lipinski definition) is 4. The molecular weight excluding hydrogens is 508 g/mol. The first-order valence-corrected chi connectivity index (χ1v) is 12.0. The number of aryl methyl sites for hydroxylation is 1. The van der Waals surface area contributed by atoms with Gasteiger partial charge in [-0.2, -0.15) is 0 Å². The van der Waals surface area contributed by atoms with Crippen LogP contribution in [-0.4, -0.2) is 11.1 Å². The van der Waals surface area contributed by atoms with Crippen LogP contribution in [0.2, 0.25) is 5.02 Å². The molecule has 1 fully saturated rings. The normalized spacial score (nSPS) is 15.9. The van der Waals surface area contributed by atoms with Crippen molar-refractivity contribution in [1.29, 1.82) is 0 Å². The fraction of sp³-hybridized carbons (Fsp3) is 0.120. The van der Waals surface area contributed by atoms with Crippen LogP contribution in [0.25, 0.3) is 6.08 Å². The third-order valence-electron chi connectivity index (χ3n) is 4.79. The Labute approximate surface area is 204 Å². The molecule has 0 aromatic heterocycles. The summed E-state index contributed by atoms with van der Waals surface area (Å²) in [5.41, 5.74) is 3.87. The number of halogens is 2. The second-order valence-electron chi connectivity index (χ2n) is 7.10. The molecule has 0 spiro atoms. The number of hydrogen-bond donors (Lipinski definition) is 1. The standard InChI is InChI=1S/C25H20BrClN2O2S/c1-2-16-5-10-21(11-6-16)28-25-29-24(30)23(32-25)14-18-13-19(26)7-12-22(18)31-15-17-3-8-20(27)9-4-17/h3-14H,2,15H2,1H3,(H,28,29,30)/b23-14-. The average Bonchev–Trinajstić information content (AvgIpc) is 3.13. The van der Waals surface area contributed by atoms with Crippen LogP contribution in [0.3, 0.4) is 0 Å². The van der Waals surface area contributed by atoms with Crippen molar-refractivity contribution in [2.24, 2.45) is 4.99 Å². The average molecular weight is 528 g/mol. The number of nitrogens with one attached hydrogen (secondary N) is 1. The van der Waals surface area contributed by atoms with Crippen molar-refractivity contribution < 1.29 is 9.53 Å². The first-order valence-electron chi connectivity index (χ1n) is 10.1. The number of thioether (sulfide) groups is 1. The van der Waals surface area contributed by atoms with Crippen LogP contribution in [0.1, 0.15) is 23.6 Å². The Morgan fingerprint density at radius 3 is 2.50 bits per heavy atom. The summed E-state index contributed by atoms with van der Waals surface area (Å²) in [4.78, 5) is 17.7. The van der Waals surface area contributed by atoms with Crippen molar-refractivity contribution in [1.82, 2.24) is 5.32 Å². The zero-order chi connectivity index (χ0) is 22.5. The highest BCUT2D eigenvalue weighted by molar-refractivity contribution is 9.10. The van der Waals surface area contributed by atoms with E-state index < -0.39 is 0 Å². The molecule has 162 valence electrons. The molecule has 1 aliphatic heterocycles. The van der Waals surface area contributed by atoms with E-state index in [1.807, 2.05) is 72.8 Å². The minimum atomic E-state index is -0.178. The third kappa shape index (κ3) is 5.82. The minimum Gasteiger partial charge on any atom is -0.488 e. The summed E-state index contributed by atoms with van der Waals surface area (Å²) >= 11 is 10.8. The smallest absolute Gasteiger partial charge is 0.264 e. The van der Waals surface area contributed by atoms with Gasteiger partial charge in [-0.1, -0.05) is 58.7 Å². The molecular formula is C25H20BrClN2O2S. The largest absolute Gasteiger partial charge is 0.488 e. The molecule has 1 saturated heterocycles. The van der Waals surface area contributed by atoms with Gasteiger partial charge < -0.3 is 10.1 Å². The molecule has 0 aliphatic carbocycles. The van der Waals surface area contributed by atoms with Crippen LogP contribution in [0, 0.1) is 0 Å². The number of rotatable bonds is 6. The Hall–Kier alpha value is -2.54. The van der Waals surface area contributed by atoms with Gasteiger partial charge in [0.25, 0.3) is 5.91 Å². The van der Waals surface area contributed by atoms with Gasteiger partial charge >= 0.3 is 0 Å². The number of nitrogens with zero attached hydrogens (tertiary/aromatic N) is 1. The van der Waals surface area contributed by atoms with E-state index in [0.717, 1.165) is 27.7 Å². The monoisotopic (exact) mass is 526 g/mol. The first-order chi connectivity index (χ1) is 15.5. The SMILES string of the molecule is CCc1ccc(N=C2NC(=O)/C(=C/c3cc(Br)ccc3OCc3ccc(Cl)cc3)S2)cc1. The van der Waals surface area contributed by atoms with E-state index in [0.29, 0.717) is 27.5 Å². The van der Waals surface area contributed by atoms with E-state index >= 15 is 0 Å². The lowest BCUT2D eigenvalue weighted by atomic mass is 10.1. The lowest BCUT2D eigenvalue weighted by Crippen LogP contribution is -2.19. The molecule has 7 heteroatoms. The minimum absolute atomic E-state index is 0.178.